The zero-order valence-electron chi connectivity index (χ0n) is 33.0. The Morgan fingerprint density at radius 2 is 1.14 bits per heavy atom. The summed E-state index contributed by atoms with van der Waals surface area (Å²) in [5, 5.41) is 39.1. The van der Waals surface area contributed by atoms with Gasteiger partial charge in [-0.3, -0.25) is 23.0 Å². The Morgan fingerprint density at radius 3 is 1.78 bits per heavy atom. The van der Waals surface area contributed by atoms with Crippen LogP contribution in [0.25, 0.3) is 32.3 Å². The van der Waals surface area contributed by atoms with Crippen molar-refractivity contribution in [1.29, 1.82) is 0 Å². The summed E-state index contributed by atoms with van der Waals surface area (Å²) >= 11 is 0. The average Bonchev–Trinajstić information content (AvgIpc) is 3.20. The predicted octanol–water partition coefficient (Wildman–Crippen LogP) is 8.93. The molecule has 0 saturated heterocycles. The number of aryl methyl sites for hydroxylation is 1. The summed E-state index contributed by atoms with van der Waals surface area (Å²) in [5.41, 5.74) is 5.67. The highest BCUT2D eigenvalue weighted by atomic mass is 32.2. The molecule has 0 aliphatic carbocycles. The van der Waals surface area contributed by atoms with Crippen molar-refractivity contribution in [2.24, 2.45) is 30.7 Å². The topological polar surface area (TPSA) is 367 Å². The molecule has 65 heavy (non-hydrogen) atoms. The van der Waals surface area contributed by atoms with Gasteiger partial charge in [-0.1, -0.05) is 24.3 Å². The Morgan fingerprint density at radius 1 is 0.538 bits per heavy atom. The highest BCUT2D eigenvalue weighted by Crippen LogP contribution is 2.45. The largest absolute Gasteiger partial charge is 0.505 e. The number of nitrogen functional groups attached to an aromatic ring is 1. The second kappa shape index (κ2) is 16.8. The summed E-state index contributed by atoms with van der Waals surface area (Å²) < 4.78 is 136. The van der Waals surface area contributed by atoms with E-state index in [1.54, 1.807) is 25.1 Å². The van der Waals surface area contributed by atoms with Gasteiger partial charge in [-0.25, -0.2) is 0 Å². The van der Waals surface area contributed by atoms with E-state index in [2.05, 4.69) is 36.0 Å². The number of amides is 1. The van der Waals surface area contributed by atoms with Crippen molar-refractivity contribution in [1.82, 2.24) is 0 Å². The molecule has 8 N–H and O–H groups in total. The number of carbonyl (C=O) groups excluding carboxylic acids is 1. The first-order valence-electron chi connectivity index (χ1n) is 18.1. The number of nitrogens with zero attached hydrogens (tertiary/aromatic N) is 6. The first-order chi connectivity index (χ1) is 30.3. The second-order valence-corrected chi connectivity index (χ2v) is 19.6. The monoisotopic (exact) mass is 962 g/mol. The van der Waals surface area contributed by atoms with Crippen molar-refractivity contribution in [3.05, 3.63) is 103 Å². The fourth-order valence-electron chi connectivity index (χ4n) is 6.55. The van der Waals surface area contributed by atoms with Crippen LogP contribution in [0.4, 0.5) is 45.5 Å². The van der Waals surface area contributed by atoms with E-state index in [4.69, 9.17) is 5.73 Å². The van der Waals surface area contributed by atoms with Gasteiger partial charge < -0.3 is 16.2 Å². The molecule has 0 atom stereocenters. The van der Waals surface area contributed by atoms with E-state index in [9.17, 15) is 61.8 Å². The maximum Gasteiger partial charge on any atom is 0.296 e. The number of azo groups is 3. The number of anilines is 2. The van der Waals surface area contributed by atoms with Crippen LogP contribution < -0.4 is 11.1 Å². The fourth-order valence-corrected chi connectivity index (χ4v) is 9.06. The predicted molar refractivity (Wildman–Crippen MR) is 235 cm³/mol. The first kappa shape index (κ1) is 45.8. The normalized spacial score (nSPS) is 13.0. The fraction of sp³-hybridized carbons (Fsp3) is 0.0513. The van der Waals surface area contributed by atoms with Crippen LogP contribution in [0.1, 0.15) is 12.5 Å². The van der Waals surface area contributed by atoms with Crippen molar-refractivity contribution < 1.29 is 61.8 Å². The van der Waals surface area contributed by atoms with Crippen molar-refractivity contribution in [3.8, 4) is 5.75 Å². The lowest BCUT2D eigenvalue weighted by Crippen LogP contribution is -2.05. The van der Waals surface area contributed by atoms with E-state index in [1.807, 2.05) is 0 Å². The van der Waals surface area contributed by atoms with Gasteiger partial charge in [0.05, 0.1) is 39.0 Å². The van der Waals surface area contributed by atoms with Gasteiger partial charge in [0.15, 0.2) is 5.75 Å². The first-order valence-corrected chi connectivity index (χ1v) is 23.8. The number of aromatic hydroxyl groups is 1. The zero-order chi connectivity index (χ0) is 47.4. The molecule has 0 heterocycles. The molecule has 0 fully saturated rings. The van der Waals surface area contributed by atoms with E-state index in [0.29, 0.717) is 16.6 Å². The van der Waals surface area contributed by atoms with Crippen molar-refractivity contribution in [2.75, 3.05) is 11.1 Å². The third-order valence-corrected chi connectivity index (χ3v) is 13.0. The van der Waals surface area contributed by atoms with Crippen LogP contribution in [-0.2, 0) is 45.3 Å². The molecule has 0 unspecified atom stereocenters. The van der Waals surface area contributed by atoms with E-state index < -0.39 is 78.2 Å². The molecule has 0 aromatic heterocycles. The van der Waals surface area contributed by atoms with E-state index >= 15 is 0 Å². The third kappa shape index (κ3) is 9.68. The van der Waals surface area contributed by atoms with Crippen LogP contribution in [0, 0.1) is 6.92 Å². The van der Waals surface area contributed by atoms with E-state index in [-0.39, 0.29) is 60.3 Å². The van der Waals surface area contributed by atoms with Crippen LogP contribution in [0.15, 0.2) is 147 Å². The van der Waals surface area contributed by atoms with Gasteiger partial charge in [0.25, 0.3) is 40.5 Å². The van der Waals surface area contributed by atoms with Crippen molar-refractivity contribution in [2.45, 2.75) is 33.4 Å². The summed E-state index contributed by atoms with van der Waals surface area (Å²) in [7, 11) is -19.4. The molecule has 0 spiro atoms. The molecule has 0 radical (unpaired) electrons. The van der Waals surface area contributed by atoms with Gasteiger partial charge in [0.1, 0.15) is 26.1 Å². The lowest BCUT2D eigenvalue weighted by molar-refractivity contribution is -0.114. The van der Waals surface area contributed by atoms with Crippen molar-refractivity contribution in [3.63, 3.8) is 0 Å². The minimum atomic E-state index is -5.22. The Hall–Kier alpha value is -7.17. The number of fused-ring (bicyclic) bond motifs is 3. The molecule has 334 valence electrons. The number of carbonyl (C=O) groups is 1. The highest BCUT2D eigenvalue weighted by Gasteiger charge is 2.25. The molecule has 0 aliphatic rings. The van der Waals surface area contributed by atoms with Crippen LogP contribution in [0.5, 0.6) is 5.75 Å². The van der Waals surface area contributed by atoms with Crippen molar-refractivity contribution >= 4 is 124 Å². The number of hydrogen-bond donors (Lipinski definition) is 7. The number of nitrogens with two attached hydrogens (primary N) is 1. The summed E-state index contributed by atoms with van der Waals surface area (Å²) in [4.78, 5) is 9.48. The van der Waals surface area contributed by atoms with Gasteiger partial charge in [-0.2, -0.15) is 43.9 Å². The minimum Gasteiger partial charge on any atom is -0.505 e. The zero-order valence-corrected chi connectivity index (χ0v) is 36.3. The molecule has 0 bridgehead atoms. The van der Waals surface area contributed by atoms with E-state index in [1.165, 1.54) is 55.5 Å². The summed E-state index contributed by atoms with van der Waals surface area (Å²) in [6.07, 6.45) is 0. The van der Waals surface area contributed by atoms with Gasteiger partial charge >= 0.3 is 0 Å². The molecule has 7 aromatic carbocycles. The standard InChI is InChI=1S/C39H30N8O14S4/c1-19-12-34(46-42-23-6-8-25-21(13-23)4-3-5-35(25)63(53,54)55)33(41-20(2)48)18-32(19)45-43-30-10-11-31(28-16-24(62(50,51)52)7-9-26(28)30)44-47-38-37(65(59,60)61)15-22-14-36(64(56,57)58)29(40)17-27(22)39(38)49/h3-18,49H,40H2,1-2H3,(H,41,48)(H,50,51,52)(H,53,54,55)(H,56,57,58)(H,59,60,61)/b45-43+,46-42+,47-44+. The number of rotatable bonds is 11. The summed E-state index contributed by atoms with van der Waals surface area (Å²) in [6, 6.07) is 20.2. The van der Waals surface area contributed by atoms with Gasteiger partial charge in [0.2, 0.25) is 5.91 Å². The van der Waals surface area contributed by atoms with Crippen LogP contribution in [0.2, 0.25) is 0 Å². The number of phenols is 1. The lowest BCUT2D eigenvalue weighted by Gasteiger charge is -2.11. The molecule has 26 heteroatoms. The number of benzene rings is 7. The molecule has 1 amide bonds. The SMILES string of the molecule is CC(=O)Nc1cc(/N=N/c2ccc(/N=N/c3c(S(=O)(=O)O)cc4cc(S(=O)(=O)O)c(N)cc4c3O)c3cc(S(=O)(=O)O)ccc23)c(C)cc1/N=N/c1ccc2c(S(=O)(=O)O)cccc2c1. The van der Waals surface area contributed by atoms with Gasteiger partial charge in [0, 0.05) is 28.5 Å². The lowest BCUT2D eigenvalue weighted by atomic mass is 10.1. The maximum atomic E-state index is 12.5. The van der Waals surface area contributed by atoms with E-state index in [0.717, 1.165) is 30.3 Å². The summed E-state index contributed by atoms with van der Waals surface area (Å²) in [6.45, 7) is 2.91. The Balaban J connectivity index is 1.29. The molecule has 0 saturated carbocycles. The number of hydrogen-bond acceptors (Lipinski definition) is 17. The average molecular weight is 963 g/mol. The Kier molecular flexibility index (Phi) is 11.8. The Bertz CT molecular complexity index is 3770. The van der Waals surface area contributed by atoms with Gasteiger partial charge in [-0.15, -0.1) is 20.5 Å². The number of phenolic OH excluding ortho intramolecular Hbond substituents is 1. The molecular formula is C39H30N8O14S4. The maximum absolute atomic E-state index is 12.5. The quantitative estimate of drug-likeness (QED) is 0.0361. The molecule has 7 rings (SSSR count). The van der Waals surface area contributed by atoms with Crippen LogP contribution >= 0.6 is 0 Å². The molecule has 7 aromatic rings. The second-order valence-electron chi connectivity index (χ2n) is 14.0. The third-order valence-electron chi connectivity index (χ3n) is 9.50. The molecule has 22 nitrogen and oxygen atoms in total. The Labute approximate surface area is 367 Å². The highest BCUT2D eigenvalue weighted by molar-refractivity contribution is 7.86. The smallest absolute Gasteiger partial charge is 0.296 e. The molecular weight excluding hydrogens is 933 g/mol. The number of nitrogens with one attached hydrogen (secondary N) is 1. The molecule has 0 aliphatic heterocycles. The van der Waals surface area contributed by atoms with Gasteiger partial charge in [-0.05, 0) is 96.1 Å². The van der Waals surface area contributed by atoms with Crippen LogP contribution in [0.3, 0.4) is 0 Å². The van der Waals surface area contributed by atoms with Crippen LogP contribution in [-0.4, -0.2) is 62.9 Å². The summed E-state index contributed by atoms with van der Waals surface area (Å²) in [5.74, 6) is -1.41. The minimum absolute atomic E-state index is 0.0506.